The topological polar surface area (TPSA) is 37.4 Å². The molecule has 1 fully saturated rings. The molecule has 0 radical (unpaired) electrons. The fourth-order valence-corrected chi connectivity index (χ4v) is 3.53. The van der Waals surface area contributed by atoms with Crippen molar-refractivity contribution >= 4 is 10.0 Å². The molecule has 1 rings (SSSR count). The van der Waals surface area contributed by atoms with Gasteiger partial charge in [-0.05, 0) is 26.2 Å². The molecule has 84 valence electrons. The van der Waals surface area contributed by atoms with Crippen LogP contribution in [-0.2, 0) is 10.0 Å². The maximum absolute atomic E-state index is 11.8. The molecule has 0 aromatic rings. The molecule has 0 aromatic carbocycles. The molecule has 1 aliphatic heterocycles. The van der Waals surface area contributed by atoms with Crippen LogP contribution in [0.5, 0.6) is 0 Å². The Hall–Kier alpha value is -0.0900. The van der Waals surface area contributed by atoms with Crippen LogP contribution in [0.1, 0.15) is 46.0 Å². The molecule has 1 atom stereocenters. The molecule has 0 aromatic heterocycles. The average molecular weight is 219 g/mol. The molecule has 0 bridgehead atoms. The molecule has 14 heavy (non-hydrogen) atoms. The van der Waals surface area contributed by atoms with E-state index in [1.165, 1.54) is 6.42 Å². The quantitative estimate of drug-likeness (QED) is 0.725. The highest BCUT2D eigenvalue weighted by Gasteiger charge is 2.29. The highest BCUT2D eigenvalue weighted by atomic mass is 32.2. The van der Waals surface area contributed by atoms with Crippen molar-refractivity contribution in [2.24, 2.45) is 0 Å². The summed E-state index contributed by atoms with van der Waals surface area (Å²) in [7, 11) is -2.96. The maximum Gasteiger partial charge on any atom is 0.214 e. The molecule has 4 heteroatoms. The molecule has 0 amide bonds. The number of rotatable bonds is 4. The van der Waals surface area contributed by atoms with E-state index in [4.69, 9.17) is 0 Å². The Kier molecular flexibility index (Phi) is 4.38. The van der Waals surface area contributed by atoms with E-state index in [1.807, 2.05) is 0 Å². The molecule has 0 N–H and O–H groups in total. The van der Waals surface area contributed by atoms with Gasteiger partial charge in [0.15, 0.2) is 0 Å². The molecule has 0 aliphatic carbocycles. The van der Waals surface area contributed by atoms with Crippen LogP contribution in [0.25, 0.3) is 0 Å². The largest absolute Gasteiger partial charge is 0.214 e. The standard InChI is InChI=1S/C10H21NO2S/c1-3-7-10-8-5-6-9-11(10)14(12,13)4-2/h10H,3-9H2,1-2H3. The van der Waals surface area contributed by atoms with Crippen molar-refractivity contribution in [3.05, 3.63) is 0 Å². The van der Waals surface area contributed by atoms with Crippen LogP contribution < -0.4 is 0 Å². The highest BCUT2D eigenvalue weighted by Crippen LogP contribution is 2.23. The van der Waals surface area contributed by atoms with Gasteiger partial charge in [0.05, 0.1) is 5.75 Å². The first-order valence-electron chi connectivity index (χ1n) is 5.61. The minimum Gasteiger partial charge on any atom is -0.212 e. The summed E-state index contributed by atoms with van der Waals surface area (Å²) in [4.78, 5) is 0. The van der Waals surface area contributed by atoms with Gasteiger partial charge in [-0.1, -0.05) is 19.8 Å². The fraction of sp³-hybridized carbons (Fsp3) is 1.00. The lowest BCUT2D eigenvalue weighted by atomic mass is 10.0. The average Bonchev–Trinajstić information content (AvgIpc) is 2.19. The van der Waals surface area contributed by atoms with Gasteiger partial charge in [-0.25, -0.2) is 8.42 Å². The molecule has 0 saturated carbocycles. The highest BCUT2D eigenvalue weighted by molar-refractivity contribution is 7.89. The van der Waals surface area contributed by atoms with Gasteiger partial charge in [-0.15, -0.1) is 0 Å². The van der Waals surface area contributed by atoms with Crippen LogP contribution in [0.4, 0.5) is 0 Å². The van der Waals surface area contributed by atoms with Crippen LogP contribution >= 0.6 is 0 Å². The van der Waals surface area contributed by atoms with Gasteiger partial charge in [-0.2, -0.15) is 4.31 Å². The van der Waals surface area contributed by atoms with Crippen molar-refractivity contribution in [1.82, 2.24) is 4.31 Å². The zero-order chi connectivity index (χ0) is 10.6. The van der Waals surface area contributed by atoms with Gasteiger partial charge in [0.1, 0.15) is 0 Å². The number of sulfonamides is 1. The second kappa shape index (κ2) is 5.12. The molecule has 1 saturated heterocycles. The van der Waals surface area contributed by atoms with Gasteiger partial charge < -0.3 is 0 Å². The zero-order valence-corrected chi connectivity index (χ0v) is 10.0. The van der Waals surface area contributed by atoms with Crippen LogP contribution in [0.2, 0.25) is 0 Å². The first-order valence-corrected chi connectivity index (χ1v) is 7.22. The van der Waals surface area contributed by atoms with Crippen molar-refractivity contribution in [3.8, 4) is 0 Å². The van der Waals surface area contributed by atoms with E-state index in [2.05, 4.69) is 6.92 Å². The van der Waals surface area contributed by atoms with E-state index in [0.29, 0.717) is 0 Å². The van der Waals surface area contributed by atoms with E-state index in [-0.39, 0.29) is 11.8 Å². The minimum absolute atomic E-state index is 0.243. The number of piperidine rings is 1. The van der Waals surface area contributed by atoms with Crippen molar-refractivity contribution < 1.29 is 8.42 Å². The second-order valence-corrected chi connectivity index (χ2v) is 6.16. The third-order valence-electron chi connectivity index (χ3n) is 2.92. The minimum atomic E-state index is -2.96. The Bertz CT molecular complexity index is 259. The van der Waals surface area contributed by atoms with Gasteiger partial charge in [0, 0.05) is 12.6 Å². The van der Waals surface area contributed by atoms with Crippen LogP contribution in [0.3, 0.4) is 0 Å². The maximum atomic E-state index is 11.8. The number of nitrogens with zero attached hydrogens (tertiary/aromatic N) is 1. The monoisotopic (exact) mass is 219 g/mol. The van der Waals surface area contributed by atoms with Gasteiger partial charge >= 0.3 is 0 Å². The van der Waals surface area contributed by atoms with Crippen molar-refractivity contribution in [1.29, 1.82) is 0 Å². The van der Waals surface area contributed by atoms with E-state index in [0.717, 1.165) is 32.2 Å². The third-order valence-corrected chi connectivity index (χ3v) is 4.84. The Morgan fingerprint density at radius 1 is 1.29 bits per heavy atom. The summed E-state index contributed by atoms with van der Waals surface area (Å²) in [5, 5.41) is 0. The first kappa shape index (κ1) is 12.0. The van der Waals surface area contributed by atoms with Crippen LogP contribution in [0.15, 0.2) is 0 Å². The lowest BCUT2D eigenvalue weighted by molar-refractivity contribution is 0.240. The Labute approximate surface area is 87.5 Å². The molecule has 1 aliphatic rings. The van der Waals surface area contributed by atoms with E-state index < -0.39 is 10.0 Å². The molecule has 3 nitrogen and oxygen atoms in total. The van der Waals surface area contributed by atoms with Crippen molar-refractivity contribution in [2.75, 3.05) is 12.3 Å². The van der Waals surface area contributed by atoms with Crippen molar-refractivity contribution in [2.45, 2.75) is 52.0 Å². The predicted octanol–water partition coefficient (Wildman–Crippen LogP) is 1.99. The summed E-state index contributed by atoms with van der Waals surface area (Å²) in [6, 6.07) is 0.277. The predicted molar refractivity (Wildman–Crippen MR) is 58.7 cm³/mol. The second-order valence-electron chi connectivity index (χ2n) is 3.95. The molecular formula is C10H21NO2S. The summed E-state index contributed by atoms with van der Waals surface area (Å²) in [5.41, 5.74) is 0. The lowest BCUT2D eigenvalue weighted by Crippen LogP contribution is -2.44. The molecule has 1 unspecified atom stereocenters. The Morgan fingerprint density at radius 2 is 2.00 bits per heavy atom. The number of hydrogen-bond acceptors (Lipinski definition) is 2. The number of hydrogen-bond donors (Lipinski definition) is 0. The molecule has 0 spiro atoms. The van der Waals surface area contributed by atoms with E-state index in [1.54, 1.807) is 11.2 Å². The lowest BCUT2D eigenvalue weighted by Gasteiger charge is -2.34. The van der Waals surface area contributed by atoms with Crippen LogP contribution in [0, 0.1) is 0 Å². The van der Waals surface area contributed by atoms with Gasteiger partial charge in [0.2, 0.25) is 10.0 Å². The first-order chi connectivity index (χ1) is 6.61. The van der Waals surface area contributed by atoms with Crippen LogP contribution in [-0.4, -0.2) is 31.1 Å². The fourth-order valence-electron chi connectivity index (χ4n) is 2.13. The summed E-state index contributed by atoms with van der Waals surface area (Å²) >= 11 is 0. The third kappa shape index (κ3) is 2.70. The summed E-state index contributed by atoms with van der Waals surface area (Å²) in [5.74, 6) is 0.243. The molecule has 1 heterocycles. The normalized spacial score (nSPS) is 25.1. The summed E-state index contributed by atoms with van der Waals surface area (Å²) < 4.78 is 25.3. The van der Waals surface area contributed by atoms with Gasteiger partial charge in [-0.3, -0.25) is 0 Å². The van der Waals surface area contributed by atoms with E-state index >= 15 is 0 Å². The Morgan fingerprint density at radius 3 is 2.57 bits per heavy atom. The smallest absolute Gasteiger partial charge is 0.212 e. The summed E-state index contributed by atoms with van der Waals surface area (Å²) in [6.07, 6.45) is 5.34. The Balaban J connectivity index is 2.72. The SMILES string of the molecule is CCCC1CCCCN1S(=O)(=O)CC. The molecular weight excluding hydrogens is 198 g/mol. The van der Waals surface area contributed by atoms with Crippen molar-refractivity contribution in [3.63, 3.8) is 0 Å². The zero-order valence-electron chi connectivity index (χ0n) is 9.20. The van der Waals surface area contributed by atoms with Gasteiger partial charge in [0.25, 0.3) is 0 Å². The van der Waals surface area contributed by atoms with E-state index in [9.17, 15) is 8.42 Å². The summed E-state index contributed by atoms with van der Waals surface area (Å²) in [6.45, 7) is 4.58.